The van der Waals surface area contributed by atoms with E-state index in [1.165, 1.54) is 22.2 Å². The lowest BCUT2D eigenvalue weighted by Gasteiger charge is -2.26. The third-order valence-electron chi connectivity index (χ3n) is 4.72. The van der Waals surface area contributed by atoms with Gasteiger partial charge < -0.3 is 4.98 Å². The highest BCUT2D eigenvalue weighted by molar-refractivity contribution is 5.84. The largest absolute Gasteiger partial charge is 0.357 e. The van der Waals surface area contributed by atoms with E-state index in [-0.39, 0.29) is 0 Å². The summed E-state index contributed by atoms with van der Waals surface area (Å²) in [6, 6.07) is 16.7. The Hall–Kier alpha value is -2.66. The van der Waals surface area contributed by atoms with E-state index in [1.807, 2.05) is 22.9 Å². The van der Waals surface area contributed by atoms with E-state index < -0.39 is 0 Å². The van der Waals surface area contributed by atoms with Crippen LogP contribution in [-0.2, 0) is 19.6 Å². The van der Waals surface area contributed by atoms with Crippen LogP contribution in [0.5, 0.6) is 0 Å². The number of para-hydroxylation sites is 2. The maximum absolute atomic E-state index is 4.30. The smallest absolute Gasteiger partial charge is 0.113 e. The van der Waals surface area contributed by atoms with E-state index in [4.69, 9.17) is 0 Å². The molecular formula is C18H17N5. The number of hydrogen-bond acceptors (Lipinski definition) is 3. The van der Waals surface area contributed by atoms with Crippen LogP contribution in [-0.4, -0.2) is 31.4 Å². The molecule has 3 heterocycles. The van der Waals surface area contributed by atoms with Gasteiger partial charge in [0.15, 0.2) is 0 Å². The van der Waals surface area contributed by atoms with Gasteiger partial charge in [-0.3, -0.25) is 4.90 Å². The highest BCUT2D eigenvalue weighted by atomic mass is 15.5. The highest BCUT2D eigenvalue weighted by Crippen LogP contribution is 2.27. The molecule has 5 rings (SSSR count). The molecule has 5 heteroatoms. The van der Waals surface area contributed by atoms with Crippen LogP contribution in [0.15, 0.2) is 48.5 Å². The Labute approximate surface area is 133 Å². The van der Waals surface area contributed by atoms with E-state index in [9.17, 15) is 0 Å². The van der Waals surface area contributed by atoms with Crippen molar-refractivity contribution in [1.29, 1.82) is 0 Å². The SMILES string of the molecule is c1ccc2c(c1)nnn2CN1CCc2c([nH]c3ccccc23)C1. The molecule has 4 aromatic rings. The Bertz CT molecular complexity index is 997. The summed E-state index contributed by atoms with van der Waals surface area (Å²) in [5, 5.41) is 9.91. The molecule has 0 amide bonds. The average Bonchev–Trinajstić information content (AvgIpc) is 3.16. The number of aromatic nitrogens is 4. The predicted molar refractivity (Wildman–Crippen MR) is 89.9 cm³/mol. The molecule has 0 aliphatic carbocycles. The van der Waals surface area contributed by atoms with Gasteiger partial charge in [-0.15, -0.1) is 5.10 Å². The minimum absolute atomic E-state index is 0.773. The van der Waals surface area contributed by atoms with Gasteiger partial charge in [0.25, 0.3) is 0 Å². The maximum atomic E-state index is 4.30. The number of nitrogens with zero attached hydrogens (tertiary/aromatic N) is 4. The molecule has 0 atom stereocenters. The number of nitrogens with one attached hydrogen (secondary N) is 1. The molecule has 0 fully saturated rings. The zero-order chi connectivity index (χ0) is 15.2. The molecule has 1 aliphatic heterocycles. The Kier molecular flexibility index (Phi) is 2.75. The number of aromatic amines is 1. The van der Waals surface area contributed by atoms with Crippen LogP contribution in [0.4, 0.5) is 0 Å². The van der Waals surface area contributed by atoms with E-state index in [0.717, 1.165) is 37.2 Å². The third-order valence-corrected chi connectivity index (χ3v) is 4.72. The molecule has 0 unspecified atom stereocenters. The van der Waals surface area contributed by atoms with Gasteiger partial charge in [0, 0.05) is 29.7 Å². The Morgan fingerprint density at radius 1 is 1.04 bits per heavy atom. The van der Waals surface area contributed by atoms with Crippen molar-refractivity contribution < 1.29 is 0 Å². The standard InChI is InChI=1S/C18H17N5/c1-2-6-15-13(5-1)14-9-10-22(11-17(14)19-15)12-23-18-8-4-3-7-16(18)20-21-23/h1-8,19H,9-12H2. The summed E-state index contributed by atoms with van der Waals surface area (Å²) >= 11 is 0. The van der Waals surface area contributed by atoms with Gasteiger partial charge in [0.05, 0.1) is 12.2 Å². The first-order valence-electron chi connectivity index (χ1n) is 7.97. The van der Waals surface area contributed by atoms with Crippen LogP contribution < -0.4 is 0 Å². The molecule has 0 bridgehead atoms. The summed E-state index contributed by atoms with van der Waals surface area (Å²) in [5.74, 6) is 0. The van der Waals surface area contributed by atoms with Crippen molar-refractivity contribution in [2.75, 3.05) is 6.54 Å². The molecule has 0 saturated carbocycles. The van der Waals surface area contributed by atoms with Gasteiger partial charge in [0.1, 0.15) is 5.52 Å². The number of benzene rings is 2. The lowest BCUT2D eigenvalue weighted by atomic mass is 10.0. The van der Waals surface area contributed by atoms with Gasteiger partial charge >= 0.3 is 0 Å². The number of H-pyrrole nitrogens is 1. The first-order chi connectivity index (χ1) is 11.4. The lowest BCUT2D eigenvalue weighted by molar-refractivity contribution is 0.190. The van der Waals surface area contributed by atoms with Crippen LogP contribution in [0.1, 0.15) is 11.3 Å². The second-order valence-electron chi connectivity index (χ2n) is 6.15. The fourth-order valence-corrected chi connectivity index (χ4v) is 3.58. The van der Waals surface area contributed by atoms with Crippen molar-refractivity contribution in [3.8, 4) is 0 Å². The van der Waals surface area contributed by atoms with Gasteiger partial charge in [-0.2, -0.15) is 0 Å². The molecular weight excluding hydrogens is 286 g/mol. The first-order valence-corrected chi connectivity index (χ1v) is 7.97. The van der Waals surface area contributed by atoms with Crippen LogP contribution in [0.2, 0.25) is 0 Å². The highest BCUT2D eigenvalue weighted by Gasteiger charge is 2.21. The topological polar surface area (TPSA) is 49.7 Å². The Morgan fingerprint density at radius 3 is 2.91 bits per heavy atom. The van der Waals surface area contributed by atoms with Crippen molar-refractivity contribution in [2.24, 2.45) is 0 Å². The maximum Gasteiger partial charge on any atom is 0.113 e. The molecule has 0 spiro atoms. The Balaban J connectivity index is 1.45. The van der Waals surface area contributed by atoms with Crippen molar-refractivity contribution in [1.82, 2.24) is 24.9 Å². The van der Waals surface area contributed by atoms with Gasteiger partial charge in [-0.05, 0) is 30.2 Å². The average molecular weight is 303 g/mol. The van der Waals surface area contributed by atoms with E-state index in [0.29, 0.717) is 0 Å². The van der Waals surface area contributed by atoms with Crippen molar-refractivity contribution >= 4 is 21.9 Å². The number of hydrogen-bond donors (Lipinski definition) is 1. The second-order valence-corrected chi connectivity index (χ2v) is 6.15. The molecule has 0 saturated heterocycles. The van der Waals surface area contributed by atoms with Gasteiger partial charge in [0.2, 0.25) is 0 Å². The summed E-state index contributed by atoms with van der Waals surface area (Å²) in [6.45, 7) is 2.75. The fraction of sp³-hybridized carbons (Fsp3) is 0.222. The predicted octanol–water partition coefficient (Wildman–Crippen LogP) is 2.93. The molecule has 1 aliphatic rings. The molecule has 23 heavy (non-hydrogen) atoms. The molecule has 0 radical (unpaired) electrons. The molecule has 114 valence electrons. The summed E-state index contributed by atoms with van der Waals surface area (Å²) < 4.78 is 1.99. The quantitative estimate of drug-likeness (QED) is 0.619. The van der Waals surface area contributed by atoms with Crippen molar-refractivity contribution in [3.63, 3.8) is 0 Å². The van der Waals surface area contributed by atoms with E-state index in [2.05, 4.69) is 50.5 Å². The van der Waals surface area contributed by atoms with Crippen LogP contribution in [0.3, 0.4) is 0 Å². The molecule has 2 aromatic heterocycles. The number of fused-ring (bicyclic) bond motifs is 4. The van der Waals surface area contributed by atoms with Crippen LogP contribution >= 0.6 is 0 Å². The minimum Gasteiger partial charge on any atom is -0.357 e. The fourth-order valence-electron chi connectivity index (χ4n) is 3.58. The van der Waals surface area contributed by atoms with E-state index in [1.54, 1.807) is 0 Å². The monoisotopic (exact) mass is 303 g/mol. The number of rotatable bonds is 2. The zero-order valence-corrected chi connectivity index (χ0v) is 12.7. The second kappa shape index (κ2) is 4.93. The zero-order valence-electron chi connectivity index (χ0n) is 12.7. The summed E-state index contributed by atoms with van der Waals surface area (Å²) in [5.41, 5.74) is 6.10. The first kappa shape index (κ1) is 12.8. The molecule has 5 nitrogen and oxygen atoms in total. The summed E-state index contributed by atoms with van der Waals surface area (Å²) in [7, 11) is 0. The van der Waals surface area contributed by atoms with Crippen LogP contribution in [0, 0.1) is 0 Å². The van der Waals surface area contributed by atoms with Gasteiger partial charge in [-0.25, -0.2) is 4.68 Å². The molecule has 1 N–H and O–H groups in total. The lowest BCUT2D eigenvalue weighted by Crippen LogP contribution is -2.32. The summed E-state index contributed by atoms with van der Waals surface area (Å²) in [4.78, 5) is 5.99. The summed E-state index contributed by atoms with van der Waals surface area (Å²) in [6.07, 6.45) is 1.08. The Morgan fingerprint density at radius 2 is 1.91 bits per heavy atom. The van der Waals surface area contributed by atoms with Gasteiger partial charge in [-0.1, -0.05) is 35.5 Å². The molecule has 2 aromatic carbocycles. The minimum atomic E-state index is 0.773. The van der Waals surface area contributed by atoms with Crippen molar-refractivity contribution in [2.45, 2.75) is 19.6 Å². The van der Waals surface area contributed by atoms with Crippen molar-refractivity contribution in [3.05, 3.63) is 59.8 Å². The third kappa shape index (κ3) is 2.04. The van der Waals surface area contributed by atoms with E-state index >= 15 is 0 Å². The van der Waals surface area contributed by atoms with Crippen LogP contribution in [0.25, 0.3) is 21.9 Å². The normalized spacial score (nSPS) is 15.3.